The summed E-state index contributed by atoms with van der Waals surface area (Å²) < 4.78 is 23.5. The fourth-order valence-electron chi connectivity index (χ4n) is 2.74. The molecule has 2 aliphatic heterocycles. The molecular formula is C20H15FN4O2S2. The van der Waals surface area contributed by atoms with Gasteiger partial charge in [-0.2, -0.15) is 9.39 Å². The van der Waals surface area contributed by atoms with Gasteiger partial charge in [0.1, 0.15) is 24.0 Å². The van der Waals surface area contributed by atoms with Gasteiger partial charge in [-0.25, -0.2) is 9.29 Å². The van der Waals surface area contributed by atoms with E-state index >= 15 is 0 Å². The standard InChI is InChI=1S/C20H15FN4O2S2/c1-28-20-24-29-19-23-18(26)15(17(22)25(19)20)10-12-6-8-14(9-7-12)27-11-13-4-2-3-5-16(13)21/h2-10,22H,11H2,1H3/b15-10-,22-17?. The monoisotopic (exact) mass is 426 g/mol. The molecule has 0 aromatic heterocycles. The zero-order valence-electron chi connectivity index (χ0n) is 15.3. The van der Waals surface area contributed by atoms with Crippen molar-refractivity contribution in [2.45, 2.75) is 6.61 Å². The summed E-state index contributed by atoms with van der Waals surface area (Å²) in [5.41, 5.74) is 1.39. The zero-order chi connectivity index (χ0) is 20.4. The van der Waals surface area contributed by atoms with Gasteiger partial charge in [0.15, 0.2) is 5.17 Å². The Morgan fingerprint density at radius 3 is 2.72 bits per heavy atom. The van der Waals surface area contributed by atoms with Crippen LogP contribution in [0, 0.1) is 11.2 Å². The normalized spacial score (nSPS) is 17.3. The largest absolute Gasteiger partial charge is 0.489 e. The third-order valence-electron chi connectivity index (χ3n) is 4.22. The van der Waals surface area contributed by atoms with E-state index in [1.807, 2.05) is 6.26 Å². The summed E-state index contributed by atoms with van der Waals surface area (Å²) in [4.78, 5) is 17.9. The van der Waals surface area contributed by atoms with Crippen LogP contribution in [-0.2, 0) is 11.4 Å². The Balaban J connectivity index is 1.50. The molecule has 1 amide bonds. The number of benzene rings is 2. The fraction of sp³-hybridized carbons (Fsp3) is 0.100. The molecule has 0 spiro atoms. The molecule has 29 heavy (non-hydrogen) atoms. The van der Waals surface area contributed by atoms with Crippen LogP contribution in [0.2, 0.25) is 0 Å². The van der Waals surface area contributed by atoms with Crippen LogP contribution >= 0.6 is 23.7 Å². The second-order valence-corrected chi connectivity index (χ2v) is 7.56. The first-order chi connectivity index (χ1) is 14.1. The van der Waals surface area contributed by atoms with Gasteiger partial charge in [0.2, 0.25) is 5.17 Å². The maximum atomic E-state index is 13.7. The summed E-state index contributed by atoms with van der Waals surface area (Å²) >= 11 is 2.48. The Morgan fingerprint density at radius 2 is 2.00 bits per heavy atom. The van der Waals surface area contributed by atoms with Gasteiger partial charge >= 0.3 is 0 Å². The number of nitrogens with zero attached hydrogens (tertiary/aromatic N) is 3. The van der Waals surface area contributed by atoms with Crippen LogP contribution in [0.3, 0.4) is 0 Å². The highest BCUT2D eigenvalue weighted by Crippen LogP contribution is 2.31. The number of carbonyl (C=O) groups excluding carboxylic acids is 1. The van der Waals surface area contributed by atoms with Crippen LogP contribution in [0.15, 0.2) is 63.5 Å². The van der Waals surface area contributed by atoms with Gasteiger partial charge in [0.05, 0.1) is 17.5 Å². The fourth-order valence-corrected chi connectivity index (χ4v) is 4.19. The first-order valence-corrected chi connectivity index (χ1v) is 10.6. The minimum absolute atomic E-state index is 0.0537. The first kappa shape index (κ1) is 19.4. The van der Waals surface area contributed by atoms with Crippen molar-refractivity contribution in [1.82, 2.24) is 4.90 Å². The number of aliphatic imine (C=N–C) groups is 1. The van der Waals surface area contributed by atoms with Gasteiger partial charge in [-0.3, -0.25) is 10.2 Å². The van der Waals surface area contributed by atoms with Crippen LogP contribution in [0.25, 0.3) is 6.08 Å². The average molecular weight is 426 g/mol. The third kappa shape index (κ3) is 3.96. The van der Waals surface area contributed by atoms with E-state index in [9.17, 15) is 9.18 Å². The van der Waals surface area contributed by atoms with Crippen molar-refractivity contribution in [2.24, 2.45) is 9.39 Å². The minimum Gasteiger partial charge on any atom is -0.489 e. The maximum Gasteiger partial charge on any atom is 0.283 e. The van der Waals surface area contributed by atoms with Crippen molar-refractivity contribution in [1.29, 1.82) is 5.41 Å². The van der Waals surface area contributed by atoms with Gasteiger partial charge in [-0.05, 0) is 36.1 Å². The molecule has 146 valence electrons. The predicted molar refractivity (Wildman–Crippen MR) is 116 cm³/mol. The lowest BCUT2D eigenvalue weighted by Crippen LogP contribution is -2.41. The Labute approximate surface area is 175 Å². The topological polar surface area (TPSA) is 78.1 Å². The van der Waals surface area contributed by atoms with Crippen molar-refractivity contribution in [3.8, 4) is 5.75 Å². The Morgan fingerprint density at radius 1 is 1.24 bits per heavy atom. The van der Waals surface area contributed by atoms with E-state index < -0.39 is 5.91 Å². The highest BCUT2D eigenvalue weighted by Gasteiger charge is 2.36. The summed E-state index contributed by atoms with van der Waals surface area (Å²) in [6, 6.07) is 13.5. The van der Waals surface area contributed by atoms with E-state index in [2.05, 4.69) is 9.39 Å². The molecule has 0 saturated carbocycles. The Hall–Kier alpha value is -2.91. The number of nitrogens with one attached hydrogen (secondary N) is 1. The van der Waals surface area contributed by atoms with Gasteiger partial charge in [0, 0.05) is 5.56 Å². The SMILES string of the molecule is CSC1=NSC2=NC(=O)/C(=C\c3ccc(OCc4ccccc4F)cc3)C(=N)N12. The first-order valence-electron chi connectivity index (χ1n) is 8.56. The van der Waals surface area contributed by atoms with Gasteiger partial charge in [-0.15, -0.1) is 0 Å². The molecular weight excluding hydrogens is 411 g/mol. The predicted octanol–water partition coefficient (Wildman–Crippen LogP) is 4.34. The molecule has 2 heterocycles. The van der Waals surface area contributed by atoms with E-state index in [0.717, 1.165) is 17.5 Å². The molecule has 0 saturated heterocycles. The van der Waals surface area contributed by atoms with E-state index in [4.69, 9.17) is 10.1 Å². The molecule has 1 N–H and O–H groups in total. The molecule has 2 aromatic rings. The van der Waals surface area contributed by atoms with Crippen LogP contribution in [-0.4, -0.2) is 33.2 Å². The quantitative estimate of drug-likeness (QED) is 0.581. The van der Waals surface area contributed by atoms with E-state index in [1.54, 1.807) is 53.4 Å². The molecule has 9 heteroatoms. The number of carbonyl (C=O) groups is 1. The molecule has 2 aromatic carbocycles. The summed E-state index contributed by atoms with van der Waals surface area (Å²) in [7, 11) is 0. The number of ether oxygens (including phenoxy) is 1. The van der Waals surface area contributed by atoms with Gasteiger partial charge < -0.3 is 4.74 Å². The van der Waals surface area contributed by atoms with Crippen molar-refractivity contribution >= 4 is 51.9 Å². The van der Waals surface area contributed by atoms with Crippen molar-refractivity contribution in [2.75, 3.05) is 6.26 Å². The number of hydrogen-bond donors (Lipinski definition) is 1. The second-order valence-electron chi connectivity index (χ2n) is 6.06. The number of hydrogen-bond acceptors (Lipinski definition) is 6. The zero-order valence-corrected chi connectivity index (χ0v) is 16.9. The van der Waals surface area contributed by atoms with Crippen LogP contribution in [0.4, 0.5) is 4.39 Å². The van der Waals surface area contributed by atoms with Crippen molar-refractivity contribution in [3.05, 3.63) is 71.0 Å². The lowest BCUT2D eigenvalue weighted by molar-refractivity contribution is -0.114. The lowest BCUT2D eigenvalue weighted by Gasteiger charge is -2.23. The average Bonchev–Trinajstić information content (AvgIpc) is 3.14. The number of halogens is 1. The maximum absolute atomic E-state index is 13.7. The molecule has 4 rings (SSSR count). The van der Waals surface area contributed by atoms with Gasteiger partial charge in [0.25, 0.3) is 5.91 Å². The van der Waals surface area contributed by atoms with Crippen LogP contribution in [0.1, 0.15) is 11.1 Å². The molecule has 0 bridgehead atoms. The van der Waals surface area contributed by atoms with Gasteiger partial charge in [-0.1, -0.05) is 42.1 Å². The highest BCUT2D eigenvalue weighted by molar-refractivity contribution is 8.18. The summed E-state index contributed by atoms with van der Waals surface area (Å²) in [5.74, 6) is -0.144. The molecule has 2 aliphatic rings. The second kappa shape index (κ2) is 8.22. The molecule has 0 aliphatic carbocycles. The molecule has 0 unspecified atom stereocenters. The van der Waals surface area contributed by atoms with Crippen molar-refractivity contribution < 1.29 is 13.9 Å². The van der Waals surface area contributed by atoms with E-state index in [-0.39, 0.29) is 23.8 Å². The van der Waals surface area contributed by atoms with Crippen molar-refractivity contribution in [3.63, 3.8) is 0 Å². The lowest BCUT2D eigenvalue weighted by atomic mass is 10.1. The molecule has 6 nitrogen and oxygen atoms in total. The van der Waals surface area contributed by atoms with Crippen LogP contribution in [0.5, 0.6) is 5.75 Å². The minimum atomic E-state index is -0.466. The number of amidine groups is 3. The number of rotatable bonds is 4. The highest BCUT2D eigenvalue weighted by atomic mass is 32.2. The summed E-state index contributed by atoms with van der Waals surface area (Å²) in [6.45, 7) is 0.122. The molecule has 0 radical (unpaired) electrons. The van der Waals surface area contributed by atoms with Crippen LogP contribution < -0.4 is 4.74 Å². The summed E-state index contributed by atoms with van der Waals surface area (Å²) in [6.07, 6.45) is 3.47. The molecule has 0 fully saturated rings. The smallest absolute Gasteiger partial charge is 0.283 e. The third-order valence-corrected chi connectivity index (χ3v) is 5.68. The Bertz CT molecular complexity index is 1080. The number of thioether (sulfide) groups is 1. The summed E-state index contributed by atoms with van der Waals surface area (Å²) in [5, 5.41) is 9.42. The molecule has 0 atom stereocenters. The Kier molecular flexibility index (Phi) is 5.50. The number of fused-ring (bicyclic) bond motifs is 1. The van der Waals surface area contributed by atoms with E-state index in [0.29, 0.717) is 21.6 Å². The van der Waals surface area contributed by atoms with E-state index in [1.165, 1.54) is 17.8 Å². The number of amides is 1.